The molecular formula is C33H43FN4O3. The molecule has 1 fully saturated rings. The molecule has 2 unspecified atom stereocenters. The van der Waals surface area contributed by atoms with Crippen molar-refractivity contribution >= 4 is 40.0 Å². The second-order valence-electron chi connectivity index (χ2n) is 13.5. The Morgan fingerprint density at radius 2 is 1.59 bits per heavy atom. The standard InChI is InChI=1S/C33H43FN4O3/c1-32(2,3)19-29(39)35-25-14-15-27-23(17-25)18-28(38(27)20-22-10-7-8-13-26(22)34)31(41)36-24-12-9-11-21(16-24)30(40)37-33(4,5)6/h9,11-12,14-18,22,26H,7-8,10,13,19-20H2,1-6H3,(H,35,39)(H,36,41)(H,37,40). The summed E-state index contributed by atoms with van der Waals surface area (Å²) in [5.74, 6) is -0.831. The van der Waals surface area contributed by atoms with Crippen LogP contribution in [0, 0.1) is 11.3 Å². The van der Waals surface area contributed by atoms with Gasteiger partial charge in [0.25, 0.3) is 11.8 Å². The number of nitrogens with zero attached hydrogens (tertiary/aromatic N) is 1. The smallest absolute Gasteiger partial charge is 0.272 e. The molecule has 3 N–H and O–H groups in total. The number of alkyl halides is 1. The molecule has 41 heavy (non-hydrogen) atoms. The quantitative estimate of drug-likeness (QED) is 0.282. The van der Waals surface area contributed by atoms with Crippen molar-refractivity contribution < 1.29 is 18.8 Å². The lowest BCUT2D eigenvalue weighted by molar-refractivity contribution is -0.117. The van der Waals surface area contributed by atoms with Crippen molar-refractivity contribution in [1.82, 2.24) is 9.88 Å². The van der Waals surface area contributed by atoms with Gasteiger partial charge in [-0.15, -0.1) is 0 Å². The summed E-state index contributed by atoms with van der Waals surface area (Å²) in [6, 6.07) is 14.2. The highest BCUT2D eigenvalue weighted by Crippen LogP contribution is 2.32. The molecule has 2 aromatic carbocycles. The Kier molecular flexibility index (Phi) is 8.90. The summed E-state index contributed by atoms with van der Waals surface area (Å²) in [6.07, 6.45) is 2.64. The van der Waals surface area contributed by atoms with E-state index >= 15 is 0 Å². The first kappa shape index (κ1) is 30.3. The van der Waals surface area contributed by atoms with Crippen LogP contribution in [0.4, 0.5) is 15.8 Å². The van der Waals surface area contributed by atoms with Crippen molar-refractivity contribution in [1.29, 1.82) is 0 Å². The summed E-state index contributed by atoms with van der Waals surface area (Å²) in [6.45, 7) is 12.1. The molecule has 3 amide bonds. The summed E-state index contributed by atoms with van der Waals surface area (Å²) in [5.41, 5.74) is 2.25. The van der Waals surface area contributed by atoms with E-state index in [0.29, 0.717) is 42.0 Å². The van der Waals surface area contributed by atoms with E-state index in [1.165, 1.54) is 0 Å². The zero-order valence-corrected chi connectivity index (χ0v) is 25.1. The number of rotatable bonds is 7. The minimum absolute atomic E-state index is 0.0768. The molecule has 4 rings (SSSR count). The van der Waals surface area contributed by atoms with Gasteiger partial charge in [0.1, 0.15) is 11.9 Å². The Labute approximate surface area is 242 Å². The van der Waals surface area contributed by atoms with E-state index in [4.69, 9.17) is 0 Å². The molecule has 7 nitrogen and oxygen atoms in total. The van der Waals surface area contributed by atoms with Crippen LogP contribution < -0.4 is 16.0 Å². The maximum absolute atomic E-state index is 14.9. The summed E-state index contributed by atoms with van der Waals surface area (Å²) in [5, 5.41) is 9.62. The molecule has 1 aliphatic rings. The van der Waals surface area contributed by atoms with Gasteiger partial charge in [-0.3, -0.25) is 14.4 Å². The molecule has 1 aromatic heterocycles. The fraction of sp³-hybridized carbons (Fsp3) is 0.485. The van der Waals surface area contributed by atoms with Crippen molar-refractivity contribution in [3.63, 3.8) is 0 Å². The third kappa shape index (κ3) is 8.18. The number of hydrogen-bond acceptors (Lipinski definition) is 3. The zero-order valence-electron chi connectivity index (χ0n) is 25.1. The molecule has 3 aromatic rings. The van der Waals surface area contributed by atoms with Crippen molar-refractivity contribution in [2.45, 2.75) is 91.9 Å². The third-order valence-electron chi connectivity index (χ3n) is 7.21. The molecule has 0 spiro atoms. The maximum Gasteiger partial charge on any atom is 0.272 e. The molecule has 8 heteroatoms. The van der Waals surface area contributed by atoms with Gasteiger partial charge in [0.15, 0.2) is 0 Å². The molecule has 0 saturated heterocycles. The third-order valence-corrected chi connectivity index (χ3v) is 7.21. The van der Waals surface area contributed by atoms with Crippen LogP contribution in [0.25, 0.3) is 10.9 Å². The molecular weight excluding hydrogens is 519 g/mol. The van der Waals surface area contributed by atoms with E-state index in [1.54, 1.807) is 30.3 Å². The predicted molar refractivity (Wildman–Crippen MR) is 163 cm³/mol. The largest absolute Gasteiger partial charge is 0.347 e. The molecule has 1 saturated carbocycles. The van der Waals surface area contributed by atoms with Gasteiger partial charge in [-0.05, 0) is 81.5 Å². The van der Waals surface area contributed by atoms with Gasteiger partial charge in [-0.1, -0.05) is 39.7 Å². The lowest BCUT2D eigenvalue weighted by atomic mass is 9.87. The van der Waals surface area contributed by atoms with Crippen LogP contribution in [0.3, 0.4) is 0 Å². The highest BCUT2D eigenvalue weighted by molar-refractivity contribution is 6.07. The first-order chi connectivity index (χ1) is 19.2. The molecule has 1 heterocycles. The maximum atomic E-state index is 14.9. The monoisotopic (exact) mass is 562 g/mol. The van der Waals surface area contributed by atoms with Gasteiger partial charge in [0.05, 0.1) is 0 Å². The number of anilines is 2. The van der Waals surface area contributed by atoms with Gasteiger partial charge in [-0.2, -0.15) is 0 Å². The fourth-order valence-electron chi connectivity index (χ4n) is 5.37. The Morgan fingerprint density at radius 1 is 0.878 bits per heavy atom. The van der Waals surface area contributed by atoms with Crippen LogP contribution in [0.5, 0.6) is 0 Å². The van der Waals surface area contributed by atoms with Crippen LogP contribution in [-0.4, -0.2) is 34.0 Å². The molecule has 0 aliphatic heterocycles. The average molecular weight is 563 g/mol. The van der Waals surface area contributed by atoms with Crippen LogP contribution in [0.15, 0.2) is 48.5 Å². The second-order valence-corrected chi connectivity index (χ2v) is 13.5. The Bertz CT molecular complexity index is 1430. The summed E-state index contributed by atoms with van der Waals surface area (Å²) in [4.78, 5) is 38.9. The molecule has 0 radical (unpaired) electrons. The number of fused-ring (bicyclic) bond motifs is 1. The summed E-state index contributed by atoms with van der Waals surface area (Å²) >= 11 is 0. The van der Waals surface area contributed by atoms with Crippen LogP contribution >= 0.6 is 0 Å². The van der Waals surface area contributed by atoms with Crippen LogP contribution in [0.2, 0.25) is 0 Å². The number of halogens is 1. The Balaban J connectivity index is 1.64. The molecule has 1 aliphatic carbocycles. The van der Waals surface area contributed by atoms with E-state index in [-0.39, 0.29) is 29.1 Å². The molecule has 2 atom stereocenters. The molecule has 0 bridgehead atoms. The average Bonchev–Trinajstić information content (AvgIpc) is 3.21. The first-order valence-corrected chi connectivity index (χ1v) is 14.5. The van der Waals surface area contributed by atoms with Crippen molar-refractivity contribution in [2.24, 2.45) is 11.3 Å². The van der Waals surface area contributed by atoms with Gasteiger partial charge in [-0.25, -0.2) is 4.39 Å². The number of benzene rings is 2. The highest BCUT2D eigenvalue weighted by Gasteiger charge is 2.28. The van der Waals surface area contributed by atoms with E-state index in [9.17, 15) is 18.8 Å². The highest BCUT2D eigenvalue weighted by atomic mass is 19.1. The number of carbonyl (C=O) groups is 3. The van der Waals surface area contributed by atoms with E-state index in [1.807, 2.05) is 64.3 Å². The van der Waals surface area contributed by atoms with Crippen molar-refractivity contribution in [3.8, 4) is 0 Å². The van der Waals surface area contributed by atoms with Crippen molar-refractivity contribution in [3.05, 3.63) is 59.8 Å². The van der Waals surface area contributed by atoms with Gasteiger partial charge in [0.2, 0.25) is 5.91 Å². The zero-order chi connectivity index (χ0) is 29.9. The lowest BCUT2D eigenvalue weighted by Gasteiger charge is -2.27. The Hall–Kier alpha value is -3.68. The normalized spacial score (nSPS) is 17.7. The number of amides is 3. The number of carbonyl (C=O) groups excluding carboxylic acids is 3. The van der Waals surface area contributed by atoms with Crippen LogP contribution in [-0.2, 0) is 11.3 Å². The fourth-order valence-corrected chi connectivity index (χ4v) is 5.37. The van der Waals surface area contributed by atoms with E-state index < -0.39 is 11.7 Å². The number of aromatic nitrogens is 1. The topological polar surface area (TPSA) is 92.2 Å². The summed E-state index contributed by atoms with van der Waals surface area (Å²) in [7, 11) is 0. The van der Waals surface area contributed by atoms with Gasteiger partial charge in [0, 0.05) is 52.3 Å². The predicted octanol–water partition coefficient (Wildman–Crippen LogP) is 7.32. The van der Waals surface area contributed by atoms with Gasteiger partial charge >= 0.3 is 0 Å². The summed E-state index contributed by atoms with van der Waals surface area (Å²) < 4.78 is 16.8. The number of nitrogens with one attached hydrogen (secondary N) is 3. The second kappa shape index (κ2) is 12.0. The minimum Gasteiger partial charge on any atom is -0.347 e. The van der Waals surface area contributed by atoms with E-state index in [0.717, 1.165) is 30.2 Å². The lowest BCUT2D eigenvalue weighted by Crippen LogP contribution is -2.40. The van der Waals surface area contributed by atoms with Gasteiger partial charge < -0.3 is 20.5 Å². The van der Waals surface area contributed by atoms with Crippen molar-refractivity contribution in [2.75, 3.05) is 10.6 Å². The SMILES string of the molecule is CC(C)(C)CC(=O)Nc1ccc2c(c1)cc(C(=O)Nc1cccc(C(=O)NC(C)(C)C)c1)n2CC1CCCCC1F. The first-order valence-electron chi connectivity index (χ1n) is 14.5. The van der Waals surface area contributed by atoms with E-state index in [2.05, 4.69) is 16.0 Å². The molecule has 220 valence electrons. The Morgan fingerprint density at radius 3 is 2.27 bits per heavy atom. The minimum atomic E-state index is -0.911. The number of hydrogen-bond donors (Lipinski definition) is 3. The van der Waals surface area contributed by atoms with Crippen LogP contribution in [0.1, 0.15) is 94.5 Å².